The van der Waals surface area contributed by atoms with Crippen molar-refractivity contribution in [2.45, 2.75) is 24.6 Å². The van der Waals surface area contributed by atoms with Crippen molar-refractivity contribution in [1.29, 1.82) is 0 Å². The number of aliphatic hydroxyl groups is 1. The minimum Gasteiger partial charge on any atom is -0.491 e. The molecule has 0 fully saturated rings. The Hall–Kier alpha value is -1.93. The third-order valence-corrected chi connectivity index (χ3v) is 4.08. The van der Waals surface area contributed by atoms with E-state index in [1.165, 1.54) is 11.8 Å². The van der Waals surface area contributed by atoms with Crippen LogP contribution in [-0.4, -0.2) is 49.6 Å². The summed E-state index contributed by atoms with van der Waals surface area (Å²) in [7, 11) is 1.74. The summed E-state index contributed by atoms with van der Waals surface area (Å²) in [5.74, 6) is 1.15. The van der Waals surface area contributed by atoms with Crippen LogP contribution in [0, 0.1) is 0 Å². The van der Waals surface area contributed by atoms with Gasteiger partial charge in [0.25, 0.3) is 0 Å². The van der Waals surface area contributed by atoms with Gasteiger partial charge in [-0.05, 0) is 34.7 Å². The molecule has 1 aromatic carbocycles. The lowest BCUT2D eigenvalue weighted by Gasteiger charge is -2.11. The van der Waals surface area contributed by atoms with E-state index < -0.39 is 6.10 Å². The number of aryl methyl sites for hydroxylation is 1. The highest BCUT2D eigenvalue weighted by atomic mass is 32.2. The fraction of sp³-hybridized carbons (Fsp3) is 0.429. The number of nitrogens with zero attached hydrogens (tertiary/aromatic N) is 4. The quantitative estimate of drug-likeness (QED) is 0.579. The van der Waals surface area contributed by atoms with Crippen LogP contribution in [0.2, 0.25) is 0 Å². The Morgan fingerprint density at radius 2 is 2.14 bits per heavy atom. The highest BCUT2D eigenvalue weighted by Gasteiger charge is 2.10. The van der Waals surface area contributed by atoms with Gasteiger partial charge in [0.15, 0.2) is 5.78 Å². The number of ether oxygens (including phenoxy) is 1. The zero-order valence-corrected chi connectivity index (χ0v) is 13.3. The Bertz CT molecular complexity index is 615. The van der Waals surface area contributed by atoms with Gasteiger partial charge in [0.2, 0.25) is 5.16 Å². The molecule has 22 heavy (non-hydrogen) atoms. The molecule has 0 amide bonds. The zero-order valence-electron chi connectivity index (χ0n) is 12.5. The van der Waals surface area contributed by atoms with Gasteiger partial charge in [-0.15, -0.1) is 5.10 Å². The van der Waals surface area contributed by atoms with Crippen LogP contribution in [0.3, 0.4) is 0 Å². The fourth-order valence-corrected chi connectivity index (χ4v) is 2.45. The molecular weight excluding hydrogens is 304 g/mol. The molecule has 0 saturated heterocycles. The summed E-state index contributed by atoms with van der Waals surface area (Å²) in [5, 5.41) is 21.6. The second-order valence-corrected chi connectivity index (χ2v) is 5.65. The standard InChI is InChI=1S/C14H18N4O3S/c1-3-13(20)10-4-6-12(7-5-10)21-8-11(19)9-22-14-15-16-17-18(14)2/h4-7,11,19H,3,8-9H2,1-2H3. The van der Waals surface area contributed by atoms with Crippen molar-refractivity contribution in [1.82, 2.24) is 20.2 Å². The topological polar surface area (TPSA) is 90.1 Å². The molecule has 0 aliphatic heterocycles. The van der Waals surface area contributed by atoms with Crippen LogP contribution in [0.25, 0.3) is 0 Å². The predicted octanol–water partition coefficient (Wildman–Crippen LogP) is 1.33. The van der Waals surface area contributed by atoms with Crippen LogP contribution < -0.4 is 4.74 Å². The molecule has 1 N–H and O–H groups in total. The number of hydrogen-bond donors (Lipinski definition) is 1. The minimum absolute atomic E-state index is 0.0975. The van der Waals surface area contributed by atoms with E-state index in [0.717, 1.165) is 0 Å². The van der Waals surface area contributed by atoms with E-state index in [2.05, 4.69) is 15.5 Å². The molecule has 1 aromatic heterocycles. The summed E-state index contributed by atoms with van der Waals surface area (Å²) in [6, 6.07) is 6.92. The van der Waals surface area contributed by atoms with Gasteiger partial charge in [0.1, 0.15) is 12.4 Å². The molecule has 0 aliphatic rings. The van der Waals surface area contributed by atoms with Crippen molar-refractivity contribution in [2.75, 3.05) is 12.4 Å². The van der Waals surface area contributed by atoms with Crippen LogP contribution >= 0.6 is 11.8 Å². The summed E-state index contributed by atoms with van der Waals surface area (Å²) in [5.41, 5.74) is 0.667. The van der Waals surface area contributed by atoms with Gasteiger partial charge in [-0.1, -0.05) is 18.7 Å². The van der Waals surface area contributed by atoms with Gasteiger partial charge in [-0.2, -0.15) is 0 Å². The van der Waals surface area contributed by atoms with Gasteiger partial charge in [-0.25, -0.2) is 4.68 Å². The number of rotatable bonds is 8. The average molecular weight is 322 g/mol. The molecule has 1 atom stereocenters. The van der Waals surface area contributed by atoms with E-state index in [1.807, 2.05) is 6.92 Å². The number of aromatic nitrogens is 4. The Labute approximate surface area is 132 Å². The number of carbonyl (C=O) groups excluding carboxylic acids is 1. The third kappa shape index (κ3) is 4.54. The normalized spacial score (nSPS) is 12.1. The van der Waals surface area contributed by atoms with Gasteiger partial charge < -0.3 is 9.84 Å². The van der Waals surface area contributed by atoms with E-state index in [0.29, 0.717) is 28.6 Å². The molecule has 0 radical (unpaired) electrons. The second-order valence-electron chi connectivity index (χ2n) is 4.66. The number of thioether (sulfide) groups is 1. The number of hydrogen-bond acceptors (Lipinski definition) is 7. The molecule has 7 nitrogen and oxygen atoms in total. The maximum absolute atomic E-state index is 11.5. The fourth-order valence-electron chi connectivity index (χ4n) is 1.70. The first kappa shape index (κ1) is 16.4. The first-order chi connectivity index (χ1) is 10.6. The lowest BCUT2D eigenvalue weighted by molar-refractivity contribution is 0.0987. The zero-order chi connectivity index (χ0) is 15.9. The average Bonchev–Trinajstić information content (AvgIpc) is 2.95. The van der Waals surface area contributed by atoms with Gasteiger partial charge >= 0.3 is 0 Å². The molecule has 0 saturated carbocycles. The molecule has 0 bridgehead atoms. The monoisotopic (exact) mass is 322 g/mol. The van der Waals surface area contributed by atoms with Gasteiger partial charge in [0.05, 0.1) is 6.10 Å². The Balaban J connectivity index is 1.77. The first-order valence-electron chi connectivity index (χ1n) is 6.89. The van der Waals surface area contributed by atoms with Crippen LogP contribution in [0.5, 0.6) is 5.75 Å². The van der Waals surface area contributed by atoms with E-state index >= 15 is 0 Å². The van der Waals surface area contributed by atoms with E-state index in [9.17, 15) is 9.90 Å². The molecular formula is C14H18N4O3S. The SMILES string of the molecule is CCC(=O)c1ccc(OCC(O)CSc2nnnn2C)cc1. The Kier molecular flexibility index (Phi) is 5.91. The van der Waals surface area contributed by atoms with E-state index in [-0.39, 0.29) is 12.4 Å². The molecule has 1 unspecified atom stereocenters. The molecule has 118 valence electrons. The van der Waals surface area contributed by atoms with Crippen LogP contribution in [0.4, 0.5) is 0 Å². The number of carbonyl (C=O) groups is 1. The molecule has 0 spiro atoms. The first-order valence-corrected chi connectivity index (χ1v) is 7.88. The summed E-state index contributed by atoms with van der Waals surface area (Å²) >= 11 is 1.36. The van der Waals surface area contributed by atoms with Crippen LogP contribution in [0.1, 0.15) is 23.7 Å². The number of aliphatic hydroxyl groups excluding tert-OH is 1. The number of Topliss-reactive ketones (excluding diaryl/α,β-unsaturated/α-hetero) is 1. The smallest absolute Gasteiger partial charge is 0.209 e. The van der Waals surface area contributed by atoms with E-state index in [1.54, 1.807) is 36.0 Å². The van der Waals surface area contributed by atoms with Gasteiger partial charge in [0, 0.05) is 24.8 Å². The summed E-state index contributed by atoms with van der Waals surface area (Å²) in [6.07, 6.45) is -0.161. The maximum atomic E-state index is 11.5. The maximum Gasteiger partial charge on any atom is 0.209 e. The largest absolute Gasteiger partial charge is 0.491 e. The highest BCUT2D eigenvalue weighted by molar-refractivity contribution is 7.99. The molecule has 0 aliphatic carbocycles. The van der Waals surface area contributed by atoms with Crippen molar-refractivity contribution >= 4 is 17.5 Å². The Morgan fingerprint density at radius 3 is 2.73 bits per heavy atom. The lowest BCUT2D eigenvalue weighted by Crippen LogP contribution is -2.20. The number of benzene rings is 1. The summed E-state index contributed by atoms with van der Waals surface area (Å²) in [4.78, 5) is 11.5. The molecule has 1 heterocycles. The summed E-state index contributed by atoms with van der Waals surface area (Å²) < 4.78 is 7.05. The minimum atomic E-state index is -0.640. The Morgan fingerprint density at radius 1 is 1.41 bits per heavy atom. The van der Waals surface area contributed by atoms with Crippen molar-refractivity contribution in [3.63, 3.8) is 0 Å². The third-order valence-electron chi connectivity index (χ3n) is 2.93. The molecule has 8 heteroatoms. The highest BCUT2D eigenvalue weighted by Crippen LogP contribution is 2.16. The number of ketones is 1. The van der Waals surface area contributed by atoms with Crippen LogP contribution in [-0.2, 0) is 7.05 Å². The van der Waals surface area contributed by atoms with Gasteiger partial charge in [-0.3, -0.25) is 4.79 Å². The van der Waals surface area contributed by atoms with E-state index in [4.69, 9.17) is 4.74 Å². The molecule has 2 aromatic rings. The number of tetrazole rings is 1. The van der Waals surface area contributed by atoms with Crippen molar-refractivity contribution in [3.8, 4) is 5.75 Å². The van der Waals surface area contributed by atoms with Crippen molar-refractivity contribution < 1.29 is 14.6 Å². The van der Waals surface area contributed by atoms with Crippen molar-refractivity contribution in [3.05, 3.63) is 29.8 Å². The summed E-state index contributed by atoms with van der Waals surface area (Å²) in [6.45, 7) is 1.99. The molecule has 2 rings (SSSR count). The second kappa shape index (κ2) is 7.90. The van der Waals surface area contributed by atoms with Crippen molar-refractivity contribution in [2.24, 2.45) is 7.05 Å². The lowest BCUT2D eigenvalue weighted by atomic mass is 10.1. The predicted molar refractivity (Wildman–Crippen MR) is 82.1 cm³/mol. The van der Waals surface area contributed by atoms with Crippen LogP contribution in [0.15, 0.2) is 29.4 Å².